The van der Waals surface area contributed by atoms with Crippen LogP contribution in [0.3, 0.4) is 0 Å². The number of aliphatic hydroxyl groups is 1. The maximum Gasteiger partial charge on any atom is 0.155 e. The molecule has 4 aliphatic carbocycles. The molecule has 3 saturated carbocycles. The Morgan fingerprint density at radius 1 is 1.17 bits per heavy atom. The number of fused-ring (bicyclic) bond motifs is 5. The quantitative estimate of drug-likeness (QED) is 0.693. The summed E-state index contributed by atoms with van der Waals surface area (Å²) in [5.74, 6) is 10.9. The number of terminal acetylenes is 1. The van der Waals surface area contributed by atoms with Crippen LogP contribution < -0.4 is 0 Å². The molecule has 126 valence electrons. The molecule has 1 N–H and O–H groups in total. The van der Waals surface area contributed by atoms with E-state index in [1.165, 1.54) is 12.0 Å². The van der Waals surface area contributed by atoms with Gasteiger partial charge in [-0.2, -0.15) is 0 Å². The molecular weight excluding hydrogens is 296 g/mol. The molecular formula is C22H26O2. The molecule has 5 unspecified atom stereocenters. The van der Waals surface area contributed by atoms with E-state index in [1.54, 1.807) is 0 Å². The standard InChI is InChI=1S/C22H26O2/c1-3-4-11-22(24)13-10-20-19-7-5-15-14-16(23)6-8-17(15)18(19)9-12-21(20,22)2/h1,14,17-20,24H,5-10,12-13H2,2H3/t17?,18?,19?,20?,21?,22-/m0/s1. The highest BCUT2D eigenvalue weighted by molar-refractivity contribution is 5.91. The maximum absolute atomic E-state index is 11.8. The minimum absolute atomic E-state index is 0.135. The highest BCUT2D eigenvalue weighted by Gasteiger charge is 2.62. The van der Waals surface area contributed by atoms with Crippen molar-refractivity contribution in [1.29, 1.82) is 0 Å². The van der Waals surface area contributed by atoms with Crippen LogP contribution in [-0.4, -0.2) is 16.5 Å². The van der Waals surface area contributed by atoms with Crippen LogP contribution in [0.15, 0.2) is 11.6 Å². The summed E-state index contributed by atoms with van der Waals surface area (Å²) in [6.45, 7) is 2.24. The summed E-state index contributed by atoms with van der Waals surface area (Å²) < 4.78 is 0. The van der Waals surface area contributed by atoms with E-state index in [1.807, 2.05) is 6.08 Å². The van der Waals surface area contributed by atoms with Crippen LogP contribution in [0.5, 0.6) is 0 Å². The van der Waals surface area contributed by atoms with Crippen LogP contribution in [0.25, 0.3) is 0 Å². The van der Waals surface area contributed by atoms with E-state index in [4.69, 9.17) is 6.42 Å². The zero-order valence-electron chi connectivity index (χ0n) is 14.5. The maximum atomic E-state index is 11.8. The van der Waals surface area contributed by atoms with Gasteiger partial charge in [0.25, 0.3) is 0 Å². The Hall–Kier alpha value is -1.51. The summed E-state index contributed by atoms with van der Waals surface area (Å²) in [6, 6.07) is 0. The summed E-state index contributed by atoms with van der Waals surface area (Å²) in [6.07, 6.45) is 15.2. The molecule has 0 saturated heterocycles. The largest absolute Gasteiger partial charge is 0.377 e. The van der Waals surface area contributed by atoms with Crippen LogP contribution in [0, 0.1) is 53.3 Å². The molecule has 0 radical (unpaired) electrons. The van der Waals surface area contributed by atoms with Gasteiger partial charge in [0.05, 0.1) is 0 Å². The molecule has 0 aromatic heterocycles. The molecule has 0 aliphatic heterocycles. The van der Waals surface area contributed by atoms with Gasteiger partial charge in [-0.3, -0.25) is 4.79 Å². The van der Waals surface area contributed by atoms with E-state index in [-0.39, 0.29) is 5.41 Å². The monoisotopic (exact) mass is 322 g/mol. The average Bonchev–Trinajstić information content (AvgIpc) is 2.84. The lowest BCUT2D eigenvalue weighted by molar-refractivity contribution is -0.116. The first-order valence-electron chi connectivity index (χ1n) is 9.42. The van der Waals surface area contributed by atoms with E-state index in [2.05, 4.69) is 24.7 Å². The van der Waals surface area contributed by atoms with Gasteiger partial charge >= 0.3 is 0 Å². The second-order valence-corrected chi connectivity index (χ2v) is 8.55. The molecule has 3 fully saturated rings. The topological polar surface area (TPSA) is 37.3 Å². The molecule has 0 spiro atoms. The SMILES string of the molecule is C#CC#C[C@]1(O)CCC2C3CCC4=CC(=O)CCC4C3CCC21C. The van der Waals surface area contributed by atoms with E-state index < -0.39 is 5.60 Å². The van der Waals surface area contributed by atoms with E-state index in [0.29, 0.717) is 29.5 Å². The highest BCUT2D eigenvalue weighted by Crippen LogP contribution is 2.64. The van der Waals surface area contributed by atoms with Gasteiger partial charge in [0.2, 0.25) is 0 Å². The Labute approximate surface area is 145 Å². The van der Waals surface area contributed by atoms with Crippen molar-refractivity contribution < 1.29 is 9.90 Å². The molecule has 4 rings (SSSR count). The van der Waals surface area contributed by atoms with Crippen LogP contribution >= 0.6 is 0 Å². The van der Waals surface area contributed by atoms with Gasteiger partial charge in [-0.15, -0.1) is 6.42 Å². The molecule has 0 aromatic carbocycles. The van der Waals surface area contributed by atoms with Crippen LogP contribution in [0.4, 0.5) is 0 Å². The summed E-state index contributed by atoms with van der Waals surface area (Å²) in [7, 11) is 0. The summed E-state index contributed by atoms with van der Waals surface area (Å²) >= 11 is 0. The molecule has 24 heavy (non-hydrogen) atoms. The Balaban J connectivity index is 1.64. The fraction of sp³-hybridized carbons (Fsp3) is 0.682. The number of hydrogen-bond acceptors (Lipinski definition) is 2. The van der Waals surface area contributed by atoms with Crippen molar-refractivity contribution in [3.05, 3.63) is 11.6 Å². The van der Waals surface area contributed by atoms with Gasteiger partial charge in [-0.25, -0.2) is 0 Å². The van der Waals surface area contributed by atoms with Gasteiger partial charge in [-0.05, 0) is 86.5 Å². The molecule has 0 amide bonds. The molecule has 4 aliphatic rings. The lowest BCUT2D eigenvalue weighted by atomic mass is 9.50. The third-order valence-electron chi connectivity index (χ3n) is 7.79. The molecule has 0 bridgehead atoms. The normalized spacial score (nSPS) is 46.5. The number of carbonyl (C=O) groups excluding carboxylic acids is 1. The lowest BCUT2D eigenvalue weighted by Gasteiger charge is -2.54. The average molecular weight is 322 g/mol. The third kappa shape index (κ3) is 2.13. The Morgan fingerprint density at radius 2 is 2.00 bits per heavy atom. The van der Waals surface area contributed by atoms with Crippen molar-refractivity contribution in [1.82, 2.24) is 0 Å². The number of allylic oxidation sites excluding steroid dienone is 1. The summed E-state index contributed by atoms with van der Waals surface area (Å²) in [5.41, 5.74) is 0.355. The minimum Gasteiger partial charge on any atom is -0.377 e. The minimum atomic E-state index is -0.923. The van der Waals surface area contributed by atoms with Crippen molar-refractivity contribution >= 4 is 5.78 Å². The molecule has 0 heterocycles. The lowest BCUT2D eigenvalue weighted by Crippen LogP contribution is -2.52. The zero-order chi connectivity index (χ0) is 16.9. The van der Waals surface area contributed by atoms with E-state index in [0.717, 1.165) is 44.9 Å². The molecule has 2 heteroatoms. The number of ketones is 1. The first-order valence-corrected chi connectivity index (χ1v) is 9.42. The van der Waals surface area contributed by atoms with Crippen molar-refractivity contribution in [2.24, 2.45) is 29.1 Å². The smallest absolute Gasteiger partial charge is 0.155 e. The third-order valence-corrected chi connectivity index (χ3v) is 7.79. The van der Waals surface area contributed by atoms with Crippen molar-refractivity contribution in [3.8, 4) is 24.2 Å². The van der Waals surface area contributed by atoms with Crippen molar-refractivity contribution in [2.45, 2.75) is 63.9 Å². The fourth-order valence-electron chi connectivity index (χ4n) is 6.54. The van der Waals surface area contributed by atoms with Gasteiger partial charge in [0.15, 0.2) is 5.78 Å². The predicted octanol–water partition coefficient (Wildman–Crippen LogP) is 3.50. The number of rotatable bonds is 0. The van der Waals surface area contributed by atoms with Gasteiger partial charge < -0.3 is 5.11 Å². The number of hydrogen-bond donors (Lipinski definition) is 1. The fourth-order valence-corrected chi connectivity index (χ4v) is 6.54. The van der Waals surface area contributed by atoms with Crippen molar-refractivity contribution in [2.75, 3.05) is 0 Å². The number of carbonyl (C=O) groups is 1. The van der Waals surface area contributed by atoms with Gasteiger partial charge in [0, 0.05) is 11.8 Å². The summed E-state index contributed by atoms with van der Waals surface area (Å²) in [5, 5.41) is 11.2. The van der Waals surface area contributed by atoms with Crippen LogP contribution in [-0.2, 0) is 4.79 Å². The molecule has 2 nitrogen and oxygen atoms in total. The first-order chi connectivity index (χ1) is 11.5. The van der Waals surface area contributed by atoms with Crippen LogP contribution in [0.2, 0.25) is 0 Å². The Bertz CT molecular complexity index is 700. The van der Waals surface area contributed by atoms with E-state index in [9.17, 15) is 9.90 Å². The van der Waals surface area contributed by atoms with Crippen LogP contribution in [0.1, 0.15) is 58.3 Å². The predicted molar refractivity (Wildman–Crippen MR) is 93.7 cm³/mol. The molecule has 6 atom stereocenters. The second kappa shape index (κ2) is 5.50. The summed E-state index contributed by atoms with van der Waals surface area (Å²) in [4.78, 5) is 11.8. The molecule has 0 aromatic rings. The van der Waals surface area contributed by atoms with Gasteiger partial charge in [-0.1, -0.05) is 18.4 Å². The highest BCUT2D eigenvalue weighted by atomic mass is 16.3. The second-order valence-electron chi connectivity index (χ2n) is 8.55. The Kier molecular flexibility index (Phi) is 3.67. The van der Waals surface area contributed by atoms with E-state index >= 15 is 0 Å². The first kappa shape index (κ1) is 16.0. The zero-order valence-corrected chi connectivity index (χ0v) is 14.5. The Morgan fingerprint density at radius 3 is 2.79 bits per heavy atom. The van der Waals surface area contributed by atoms with Gasteiger partial charge in [0.1, 0.15) is 5.60 Å². The van der Waals surface area contributed by atoms with Crippen molar-refractivity contribution in [3.63, 3.8) is 0 Å².